The Balaban J connectivity index is 1.29. The Morgan fingerprint density at radius 2 is 1.81 bits per heavy atom. The molecule has 1 aliphatic carbocycles. The van der Waals surface area contributed by atoms with Crippen LogP contribution in [0.4, 0.5) is 10.2 Å². The molecule has 4 rings (SSSR count). The van der Waals surface area contributed by atoms with Gasteiger partial charge in [-0.05, 0) is 56.9 Å². The maximum Gasteiger partial charge on any atom is 0.270 e. The first kappa shape index (κ1) is 20.7. The van der Waals surface area contributed by atoms with E-state index in [2.05, 4.69) is 20.7 Å². The van der Waals surface area contributed by atoms with Crippen molar-refractivity contribution in [3.05, 3.63) is 71.9 Å². The summed E-state index contributed by atoms with van der Waals surface area (Å²) in [4.78, 5) is 29.3. The molecule has 1 aromatic carbocycles. The number of pyridine rings is 1. The number of para-hydroxylation sites is 1. The quantitative estimate of drug-likeness (QED) is 0.658. The van der Waals surface area contributed by atoms with Crippen molar-refractivity contribution in [2.24, 2.45) is 5.92 Å². The molecule has 0 aliphatic heterocycles. The molecule has 2 heterocycles. The van der Waals surface area contributed by atoms with Crippen molar-refractivity contribution in [2.75, 3.05) is 5.32 Å². The largest absolute Gasteiger partial charge is 0.348 e. The van der Waals surface area contributed by atoms with Gasteiger partial charge in [-0.2, -0.15) is 0 Å². The molecule has 2 aromatic heterocycles. The number of carbonyl (C=O) groups is 2. The molecular formula is C23H24FN5O2. The summed E-state index contributed by atoms with van der Waals surface area (Å²) in [5.74, 6) is -0.443. The van der Waals surface area contributed by atoms with Gasteiger partial charge in [0.05, 0.1) is 0 Å². The SMILES string of the molecule is Cc1cccc(C(=O)NC2CCC(C(=O)Nc3ccn(-c4ccccc4F)n3)CC2)n1. The molecule has 160 valence electrons. The molecule has 0 bridgehead atoms. The molecule has 0 unspecified atom stereocenters. The zero-order valence-electron chi connectivity index (χ0n) is 17.2. The number of halogens is 1. The molecule has 0 atom stereocenters. The van der Waals surface area contributed by atoms with E-state index in [9.17, 15) is 14.0 Å². The third kappa shape index (κ3) is 4.96. The summed E-state index contributed by atoms with van der Waals surface area (Å²) in [6.45, 7) is 1.85. The smallest absolute Gasteiger partial charge is 0.270 e. The predicted octanol–water partition coefficient (Wildman–Crippen LogP) is 3.64. The fourth-order valence-corrected chi connectivity index (χ4v) is 3.82. The van der Waals surface area contributed by atoms with Crippen LogP contribution in [0.1, 0.15) is 41.9 Å². The van der Waals surface area contributed by atoms with Crippen molar-refractivity contribution >= 4 is 17.6 Å². The van der Waals surface area contributed by atoms with Gasteiger partial charge in [0.1, 0.15) is 17.2 Å². The second-order valence-electron chi connectivity index (χ2n) is 7.77. The van der Waals surface area contributed by atoms with Gasteiger partial charge in [0.15, 0.2) is 5.82 Å². The molecule has 3 aromatic rings. The second-order valence-corrected chi connectivity index (χ2v) is 7.77. The molecule has 1 aliphatic rings. The average Bonchev–Trinajstić information content (AvgIpc) is 3.22. The number of benzene rings is 1. The van der Waals surface area contributed by atoms with E-state index in [0.29, 0.717) is 30.0 Å². The summed E-state index contributed by atoms with van der Waals surface area (Å²) in [6, 6.07) is 13.3. The molecule has 0 radical (unpaired) electrons. The van der Waals surface area contributed by atoms with E-state index in [1.54, 1.807) is 36.5 Å². The third-order valence-corrected chi connectivity index (χ3v) is 5.49. The number of amides is 2. The van der Waals surface area contributed by atoms with Gasteiger partial charge in [-0.3, -0.25) is 9.59 Å². The van der Waals surface area contributed by atoms with E-state index in [1.807, 2.05) is 19.1 Å². The van der Waals surface area contributed by atoms with Crippen molar-refractivity contribution < 1.29 is 14.0 Å². The number of hydrogen-bond donors (Lipinski definition) is 2. The van der Waals surface area contributed by atoms with Crippen LogP contribution in [0.15, 0.2) is 54.7 Å². The van der Waals surface area contributed by atoms with Crippen LogP contribution in [0.5, 0.6) is 0 Å². The van der Waals surface area contributed by atoms with Crippen LogP contribution in [-0.4, -0.2) is 32.6 Å². The molecular weight excluding hydrogens is 397 g/mol. The summed E-state index contributed by atoms with van der Waals surface area (Å²) in [5, 5.41) is 10.1. The highest BCUT2D eigenvalue weighted by Crippen LogP contribution is 2.26. The number of hydrogen-bond acceptors (Lipinski definition) is 4. The van der Waals surface area contributed by atoms with Crippen LogP contribution in [0, 0.1) is 18.7 Å². The first-order valence-electron chi connectivity index (χ1n) is 10.4. The number of nitrogens with zero attached hydrogens (tertiary/aromatic N) is 3. The maximum absolute atomic E-state index is 13.9. The number of rotatable bonds is 5. The Kier molecular flexibility index (Phi) is 6.06. The topological polar surface area (TPSA) is 88.9 Å². The lowest BCUT2D eigenvalue weighted by Gasteiger charge is -2.28. The van der Waals surface area contributed by atoms with Gasteiger partial charge in [-0.25, -0.2) is 14.1 Å². The van der Waals surface area contributed by atoms with Crippen LogP contribution < -0.4 is 10.6 Å². The van der Waals surface area contributed by atoms with Gasteiger partial charge in [-0.1, -0.05) is 18.2 Å². The Morgan fingerprint density at radius 1 is 1.03 bits per heavy atom. The highest BCUT2D eigenvalue weighted by atomic mass is 19.1. The minimum atomic E-state index is -0.385. The number of aryl methyl sites for hydroxylation is 1. The van der Waals surface area contributed by atoms with E-state index in [4.69, 9.17) is 0 Å². The lowest BCUT2D eigenvalue weighted by Crippen LogP contribution is -2.39. The first-order chi connectivity index (χ1) is 15.0. The first-order valence-corrected chi connectivity index (χ1v) is 10.4. The van der Waals surface area contributed by atoms with Crippen molar-refractivity contribution in [1.82, 2.24) is 20.1 Å². The summed E-state index contributed by atoms with van der Waals surface area (Å²) in [6.07, 6.45) is 4.40. The number of anilines is 1. The zero-order chi connectivity index (χ0) is 21.8. The summed E-state index contributed by atoms with van der Waals surface area (Å²) in [7, 11) is 0. The van der Waals surface area contributed by atoms with Gasteiger partial charge < -0.3 is 10.6 Å². The lowest BCUT2D eigenvalue weighted by atomic mass is 9.85. The van der Waals surface area contributed by atoms with Crippen molar-refractivity contribution in [3.8, 4) is 5.69 Å². The highest BCUT2D eigenvalue weighted by Gasteiger charge is 2.28. The molecule has 1 fully saturated rings. The number of carbonyl (C=O) groups excluding carboxylic acids is 2. The summed E-state index contributed by atoms with van der Waals surface area (Å²) >= 11 is 0. The Bertz CT molecular complexity index is 1090. The van der Waals surface area contributed by atoms with Gasteiger partial charge in [0.25, 0.3) is 5.91 Å². The molecule has 1 saturated carbocycles. The fourth-order valence-electron chi connectivity index (χ4n) is 3.82. The van der Waals surface area contributed by atoms with Crippen molar-refractivity contribution in [2.45, 2.75) is 38.6 Å². The zero-order valence-corrected chi connectivity index (χ0v) is 17.2. The highest BCUT2D eigenvalue weighted by molar-refractivity contribution is 5.93. The van der Waals surface area contributed by atoms with Crippen LogP contribution >= 0.6 is 0 Å². The molecule has 0 saturated heterocycles. The molecule has 31 heavy (non-hydrogen) atoms. The van der Waals surface area contributed by atoms with E-state index >= 15 is 0 Å². The normalized spacial score (nSPS) is 18.4. The molecule has 8 heteroatoms. The average molecular weight is 421 g/mol. The summed E-state index contributed by atoms with van der Waals surface area (Å²) < 4.78 is 15.3. The number of aromatic nitrogens is 3. The molecule has 2 N–H and O–H groups in total. The summed E-state index contributed by atoms with van der Waals surface area (Å²) in [5.41, 5.74) is 1.53. The van der Waals surface area contributed by atoms with Gasteiger partial charge in [-0.15, -0.1) is 5.10 Å². The van der Waals surface area contributed by atoms with Crippen LogP contribution in [-0.2, 0) is 4.79 Å². The van der Waals surface area contributed by atoms with Crippen LogP contribution in [0.2, 0.25) is 0 Å². The van der Waals surface area contributed by atoms with Gasteiger partial charge in [0.2, 0.25) is 5.91 Å². The second kappa shape index (κ2) is 9.07. The van der Waals surface area contributed by atoms with Gasteiger partial charge >= 0.3 is 0 Å². The van der Waals surface area contributed by atoms with E-state index in [-0.39, 0.29) is 29.6 Å². The Morgan fingerprint density at radius 3 is 2.55 bits per heavy atom. The number of nitrogens with one attached hydrogen (secondary N) is 2. The van der Waals surface area contributed by atoms with E-state index in [0.717, 1.165) is 18.5 Å². The van der Waals surface area contributed by atoms with Crippen LogP contribution in [0.3, 0.4) is 0 Å². The van der Waals surface area contributed by atoms with E-state index < -0.39 is 0 Å². The molecule has 2 amide bonds. The minimum absolute atomic E-state index is 0.0270. The Labute approximate surface area is 179 Å². The standard InChI is InChI=1S/C23H24FN5O2/c1-15-5-4-7-19(25-15)23(31)26-17-11-9-16(10-12-17)22(30)27-21-13-14-29(28-21)20-8-3-2-6-18(20)24/h2-8,13-14,16-17H,9-12H2,1H3,(H,26,31)(H,27,28,30). The monoisotopic (exact) mass is 421 g/mol. The predicted molar refractivity (Wildman–Crippen MR) is 114 cm³/mol. The molecule has 0 spiro atoms. The Hall–Kier alpha value is -3.55. The van der Waals surface area contributed by atoms with Crippen LogP contribution in [0.25, 0.3) is 5.69 Å². The van der Waals surface area contributed by atoms with Crippen molar-refractivity contribution in [1.29, 1.82) is 0 Å². The van der Waals surface area contributed by atoms with E-state index in [1.165, 1.54) is 10.7 Å². The van der Waals surface area contributed by atoms with Gasteiger partial charge in [0, 0.05) is 29.9 Å². The maximum atomic E-state index is 13.9. The third-order valence-electron chi connectivity index (χ3n) is 5.49. The lowest BCUT2D eigenvalue weighted by molar-refractivity contribution is -0.120. The molecule has 7 nitrogen and oxygen atoms in total. The van der Waals surface area contributed by atoms with Crippen molar-refractivity contribution in [3.63, 3.8) is 0 Å². The fraction of sp³-hybridized carbons (Fsp3) is 0.304. The minimum Gasteiger partial charge on any atom is -0.348 e.